The van der Waals surface area contributed by atoms with Crippen molar-refractivity contribution in [1.82, 2.24) is 9.78 Å². The van der Waals surface area contributed by atoms with Crippen LogP contribution in [-0.2, 0) is 6.54 Å². The number of terminal acetylenes is 1. The van der Waals surface area contributed by atoms with Crippen molar-refractivity contribution in [1.29, 1.82) is 0 Å². The third kappa shape index (κ3) is 3.20. The van der Waals surface area contributed by atoms with E-state index in [1.165, 1.54) is 6.20 Å². The molecule has 1 aromatic rings. The molecular weight excluding hydrogens is 246 g/mol. The Kier molecular flexibility index (Phi) is 4.97. The van der Waals surface area contributed by atoms with Gasteiger partial charge >= 0.3 is 0 Å². The molecule has 0 saturated carbocycles. The Hall–Kier alpha value is -1.55. The van der Waals surface area contributed by atoms with Crippen LogP contribution in [0.5, 0.6) is 0 Å². The molecule has 1 aromatic heterocycles. The molecule has 0 fully saturated rings. The van der Waals surface area contributed by atoms with E-state index in [4.69, 9.17) is 28.2 Å². The third-order valence-corrected chi connectivity index (χ3v) is 2.31. The average Bonchev–Trinajstić information content (AvgIpc) is 2.33. The van der Waals surface area contributed by atoms with E-state index in [2.05, 4.69) is 16.3 Å². The van der Waals surface area contributed by atoms with Crippen LogP contribution in [0.1, 0.15) is 0 Å². The predicted octanol–water partition coefficient (Wildman–Crippen LogP) is -0.705. The molecule has 0 radical (unpaired) electrons. The highest BCUT2D eigenvalue weighted by molar-refractivity contribution is 6.33. The summed E-state index contributed by atoms with van der Waals surface area (Å²) in [5, 5.41) is 24.3. The maximum absolute atomic E-state index is 11.8. The summed E-state index contributed by atoms with van der Waals surface area (Å²) in [7, 11) is 0. The molecule has 7 heteroatoms. The predicted molar refractivity (Wildman–Crippen MR) is 63.9 cm³/mol. The quantitative estimate of drug-likeness (QED) is 0.607. The van der Waals surface area contributed by atoms with Gasteiger partial charge in [0.05, 0.1) is 30.5 Å². The Balaban J connectivity index is 3.10. The minimum Gasteiger partial charge on any atom is -0.394 e. The molecule has 0 unspecified atom stereocenters. The lowest BCUT2D eigenvalue weighted by Gasteiger charge is -2.15. The second kappa shape index (κ2) is 6.25. The first-order valence-corrected chi connectivity index (χ1v) is 5.19. The van der Waals surface area contributed by atoms with Gasteiger partial charge in [0, 0.05) is 0 Å². The van der Waals surface area contributed by atoms with Gasteiger partial charge < -0.3 is 15.5 Å². The van der Waals surface area contributed by atoms with Crippen LogP contribution < -0.4 is 10.9 Å². The van der Waals surface area contributed by atoms with Crippen LogP contribution in [0.15, 0.2) is 11.0 Å². The number of anilines is 1. The van der Waals surface area contributed by atoms with Gasteiger partial charge in [-0.1, -0.05) is 17.5 Å². The van der Waals surface area contributed by atoms with E-state index in [0.717, 1.165) is 4.68 Å². The fraction of sp³-hybridized carbons (Fsp3) is 0.400. The molecule has 17 heavy (non-hydrogen) atoms. The van der Waals surface area contributed by atoms with E-state index in [1.807, 2.05) is 0 Å². The Morgan fingerprint density at radius 2 is 2.24 bits per heavy atom. The topological polar surface area (TPSA) is 87.4 Å². The largest absolute Gasteiger partial charge is 0.394 e. The maximum Gasteiger partial charge on any atom is 0.292 e. The van der Waals surface area contributed by atoms with Gasteiger partial charge in [0.2, 0.25) is 0 Å². The summed E-state index contributed by atoms with van der Waals surface area (Å²) < 4.78 is 1.06. The molecule has 0 aliphatic rings. The summed E-state index contributed by atoms with van der Waals surface area (Å²) in [4.78, 5) is 11.8. The zero-order chi connectivity index (χ0) is 12.8. The van der Waals surface area contributed by atoms with Gasteiger partial charge in [-0.3, -0.25) is 4.79 Å². The van der Waals surface area contributed by atoms with E-state index in [-0.39, 0.29) is 30.5 Å². The summed E-state index contributed by atoms with van der Waals surface area (Å²) in [5.74, 6) is 2.28. The number of aliphatic hydroxyl groups is 2. The fourth-order valence-electron chi connectivity index (χ4n) is 1.15. The van der Waals surface area contributed by atoms with Crippen LogP contribution in [0, 0.1) is 12.3 Å². The molecular formula is C10H12ClN3O3. The number of rotatable bonds is 5. The third-order valence-electron chi connectivity index (χ3n) is 2.03. The number of halogens is 1. The molecule has 0 amide bonds. The van der Waals surface area contributed by atoms with Gasteiger partial charge in [0.25, 0.3) is 5.56 Å². The van der Waals surface area contributed by atoms with Crippen molar-refractivity contribution in [2.75, 3.05) is 18.5 Å². The van der Waals surface area contributed by atoms with Crippen molar-refractivity contribution in [2.24, 2.45) is 0 Å². The maximum atomic E-state index is 11.8. The first kappa shape index (κ1) is 13.5. The zero-order valence-corrected chi connectivity index (χ0v) is 9.68. The Morgan fingerprint density at radius 1 is 1.59 bits per heavy atom. The fourth-order valence-corrected chi connectivity index (χ4v) is 1.33. The first-order valence-electron chi connectivity index (χ1n) is 4.81. The summed E-state index contributed by atoms with van der Waals surface area (Å²) in [6.07, 6.45) is 6.36. The molecule has 92 valence electrons. The summed E-state index contributed by atoms with van der Waals surface area (Å²) >= 11 is 5.81. The molecule has 0 spiro atoms. The van der Waals surface area contributed by atoms with Crippen LogP contribution >= 0.6 is 11.6 Å². The van der Waals surface area contributed by atoms with Crippen molar-refractivity contribution in [3.05, 3.63) is 21.6 Å². The highest BCUT2D eigenvalue weighted by Crippen LogP contribution is 2.15. The Labute approximate surface area is 103 Å². The van der Waals surface area contributed by atoms with E-state index >= 15 is 0 Å². The highest BCUT2D eigenvalue weighted by atomic mass is 35.5. The van der Waals surface area contributed by atoms with Crippen LogP contribution in [0.3, 0.4) is 0 Å². The molecule has 0 bridgehead atoms. The van der Waals surface area contributed by atoms with E-state index in [0.29, 0.717) is 0 Å². The minimum atomic E-state index is -0.665. The molecule has 0 aromatic carbocycles. The van der Waals surface area contributed by atoms with Crippen LogP contribution in [0.25, 0.3) is 0 Å². The first-order chi connectivity index (χ1) is 8.13. The van der Waals surface area contributed by atoms with Crippen molar-refractivity contribution in [3.8, 4) is 12.3 Å². The molecule has 6 nitrogen and oxygen atoms in total. The standard InChI is InChI=1S/C10H12ClN3O3/c1-2-3-14-10(17)9(8(11)4-12-14)13-7(5-15)6-16/h1,4,7,13,15-16H,3,5-6H2. The molecule has 1 rings (SSSR count). The summed E-state index contributed by atoms with van der Waals surface area (Å²) in [6.45, 7) is -0.638. The van der Waals surface area contributed by atoms with Gasteiger partial charge in [-0.2, -0.15) is 5.10 Å². The number of hydrogen-bond donors (Lipinski definition) is 3. The lowest BCUT2D eigenvalue weighted by Crippen LogP contribution is -2.33. The molecule has 3 N–H and O–H groups in total. The SMILES string of the molecule is C#CCn1ncc(Cl)c(NC(CO)CO)c1=O. The van der Waals surface area contributed by atoms with Crippen molar-refractivity contribution < 1.29 is 10.2 Å². The van der Waals surface area contributed by atoms with Crippen molar-refractivity contribution in [3.63, 3.8) is 0 Å². The monoisotopic (exact) mass is 257 g/mol. The van der Waals surface area contributed by atoms with Crippen LogP contribution in [0.2, 0.25) is 5.02 Å². The number of hydrogen-bond acceptors (Lipinski definition) is 5. The number of aliphatic hydroxyl groups excluding tert-OH is 2. The molecule has 1 heterocycles. The number of nitrogens with one attached hydrogen (secondary N) is 1. The summed E-state index contributed by atoms with van der Waals surface area (Å²) in [6, 6.07) is -0.665. The summed E-state index contributed by atoms with van der Waals surface area (Å²) in [5.41, 5.74) is -0.438. The number of nitrogens with zero attached hydrogens (tertiary/aromatic N) is 2. The van der Waals surface area contributed by atoms with E-state index in [1.54, 1.807) is 0 Å². The van der Waals surface area contributed by atoms with Gasteiger partial charge in [0.1, 0.15) is 12.2 Å². The molecule has 0 atom stereocenters. The number of aromatic nitrogens is 2. The Bertz CT molecular complexity index is 477. The van der Waals surface area contributed by atoms with Crippen molar-refractivity contribution >= 4 is 17.3 Å². The lowest BCUT2D eigenvalue weighted by atomic mass is 10.3. The van der Waals surface area contributed by atoms with Gasteiger partial charge in [-0.25, -0.2) is 4.68 Å². The second-order valence-electron chi connectivity index (χ2n) is 3.24. The van der Waals surface area contributed by atoms with E-state index in [9.17, 15) is 4.79 Å². The van der Waals surface area contributed by atoms with Gasteiger partial charge in [-0.15, -0.1) is 6.42 Å². The smallest absolute Gasteiger partial charge is 0.292 e. The van der Waals surface area contributed by atoms with E-state index < -0.39 is 11.6 Å². The second-order valence-corrected chi connectivity index (χ2v) is 3.65. The van der Waals surface area contributed by atoms with Gasteiger partial charge in [0.15, 0.2) is 0 Å². The van der Waals surface area contributed by atoms with Crippen LogP contribution in [-0.4, -0.2) is 39.2 Å². The molecule has 0 aliphatic carbocycles. The Morgan fingerprint density at radius 3 is 2.76 bits per heavy atom. The van der Waals surface area contributed by atoms with Crippen molar-refractivity contribution in [2.45, 2.75) is 12.6 Å². The van der Waals surface area contributed by atoms with Gasteiger partial charge in [-0.05, 0) is 0 Å². The average molecular weight is 258 g/mol. The minimum absolute atomic E-state index is 0.0214. The highest BCUT2D eigenvalue weighted by Gasteiger charge is 2.13. The zero-order valence-electron chi connectivity index (χ0n) is 8.93. The molecule has 0 saturated heterocycles. The van der Waals surface area contributed by atoms with Crippen LogP contribution in [0.4, 0.5) is 5.69 Å². The normalized spacial score (nSPS) is 10.3. The lowest BCUT2D eigenvalue weighted by molar-refractivity contribution is 0.204. The molecule has 0 aliphatic heterocycles.